The maximum atomic E-state index is 13.6. The molecule has 38 heavy (non-hydrogen) atoms. The Kier molecular flexibility index (Phi) is 6.29. The molecule has 11 heteroatoms. The van der Waals surface area contributed by atoms with Crippen molar-refractivity contribution in [3.05, 3.63) is 76.1 Å². The Labute approximate surface area is 224 Å². The van der Waals surface area contributed by atoms with E-state index in [0.29, 0.717) is 60.4 Å². The number of nitrogens with zero attached hydrogens (tertiary/aromatic N) is 4. The van der Waals surface area contributed by atoms with Crippen LogP contribution in [0.4, 0.5) is 5.69 Å². The number of amides is 3. The fourth-order valence-electron chi connectivity index (χ4n) is 4.94. The van der Waals surface area contributed by atoms with Crippen LogP contribution in [-0.2, 0) is 22.5 Å². The molecule has 3 amide bonds. The van der Waals surface area contributed by atoms with Crippen molar-refractivity contribution >= 4 is 35.0 Å². The molecule has 1 N–H and O–H groups in total. The average molecular weight is 536 g/mol. The van der Waals surface area contributed by atoms with Gasteiger partial charge in [-0.3, -0.25) is 14.4 Å². The SMILES string of the molecule is CN1C(=O)[C@@H](N2CCc3c(nn(Cc4ccccc4)c3Cl)C2=O)COc2cc(C(=O)NC3COC3)ccc21. The Hall–Kier alpha value is -3.89. The lowest BCUT2D eigenvalue weighted by molar-refractivity contribution is -0.123. The molecule has 10 nitrogen and oxygen atoms in total. The molecule has 4 heterocycles. The summed E-state index contributed by atoms with van der Waals surface area (Å²) < 4.78 is 12.8. The monoisotopic (exact) mass is 535 g/mol. The van der Waals surface area contributed by atoms with Crippen molar-refractivity contribution in [3.8, 4) is 5.75 Å². The molecule has 3 aromatic rings. The van der Waals surface area contributed by atoms with Crippen LogP contribution >= 0.6 is 11.6 Å². The smallest absolute Gasteiger partial charge is 0.275 e. The van der Waals surface area contributed by atoms with E-state index in [4.69, 9.17) is 21.1 Å². The third-order valence-electron chi connectivity index (χ3n) is 7.17. The molecule has 1 saturated heterocycles. The summed E-state index contributed by atoms with van der Waals surface area (Å²) >= 11 is 6.60. The fraction of sp³-hybridized carbons (Fsp3) is 0.333. The second kappa shape index (κ2) is 9.77. The van der Waals surface area contributed by atoms with E-state index >= 15 is 0 Å². The predicted molar refractivity (Wildman–Crippen MR) is 139 cm³/mol. The summed E-state index contributed by atoms with van der Waals surface area (Å²) in [4.78, 5) is 42.6. The van der Waals surface area contributed by atoms with Crippen LogP contribution in [-0.4, -0.2) is 77.9 Å². The first-order valence-corrected chi connectivity index (χ1v) is 12.8. The van der Waals surface area contributed by atoms with E-state index in [9.17, 15) is 14.4 Å². The van der Waals surface area contributed by atoms with Crippen molar-refractivity contribution in [2.75, 3.05) is 38.3 Å². The van der Waals surface area contributed by atoms with Gasteiger partial charge in [0.25, 0.3) is 17.7 Å². The molecule has 1 aromatic heterocycles. The number of benzene rings is 2. The van der Waals surface area contributed by atoms with Gasteiger partial charge in [0.1, 0.15) is 23.6 Å². The molecule has 196 valence electrons. The van der Waals surface area contributed by atoms with Gasteiger partial charge in [-0.1, -0.05) is 41.9 Å². The molecule has 0 aliphatic carbocycles. The minimum absolute atomic E-state index is 0.00413. The number of anilines is 1. The van der Waals surface area contributed by atoms with Crippen LogP contribution in [0, 0.1) is 0 Å². The number of carbonyl (C=O) groups is 3. The third kappa shape index (κ3) is 4.29. The lowest BCUT2D eigenvalue weighted by Crippen LogP contribution is -2.54. The van der Waals surface area contributed by atoms with Crippen molar-refractivity contribution < 1.29 is 23.9 Å². The lowest BCUT2D eigenvalue weighted by Gasteiger charge is -2.33. The number of fused-ring (bicyclic) bond motifs is 2. The van der Waals surface area contributed by atoms with E-state index in [2.05, 4.69) is 10.4 Å². The van der Waals surface area contributed by atoms with Gasteiger partial charge in [-0.15, -0.1) is 0 Å². The molecule has 6 rings (SSSR count). The van der Waals surface area contributed by atoms with Crippen molar-refractivity contribution in [1.82, 2.24) is 20.0 Å². The van der Waals surface area contributed by atoms with Gasteiger partial charge in [-0.05, 0) is 30.2 Å². The molecule has 0 bridgehead atoms. The molecule has 0 radical (unpaired) electrons. The van der Waals surface area contributed by atoms with Crippen LogP contribution in [0.5, 0.6) is 5.75 Å². The van der Waals surface area contributed by atoms with Crippen LogP contribution in [0.25, 0.3) is 0 Å². The van der Waals surface area contributed by atoms with Crippen LogP contribution in [0.2, 0.25) is 5.15 Å². The van der Waals surface area contributed by atoms with Crippen LogP contribution < -0.4 is 15.0 Å². The van der Waals surface area contributed by atoms with Gasteiger partial charge in [-0.2, -0.15) is 5.10 Å². The minimum Gasteiger partial charge on any atom is -0.489 e. The fourth-order valence-corrected chi connectivity index (χ4v) is 5.22. The minimum atomic E-state index is -0.851. The number of likely N-dealkylation sites (N-methyl/N-ethyl adjacent to an activating group) is 1. The van der Waals surface area contributed by atoms with Gasteiger partial charge in [-0.25, -0.2) is 4.68 Å². The zero-order valence-electron chi connectivity index (χ0n) is 20.7. The largest absolute Gasteiger partial charge is 0.489 e. The zero-order chi connectivity index (χ0) is 26.4. The second-order valence-electron chi connectivity index (χ2n) is 9.62. The molecular weight excluding hydrogens is 510 g/mol. The van der Waals surface area contributed by atoms with Crippen molar-refractivity contribution in [2.45, 2.75) is 25.0 Å². The number of ether oxygens (including phenoxy) is 2. The Morgan fingerprint density at radius 3 is 2.66 bits per heavy atom. The molecule has 2 aromatic carbocycles. The maximum absolute atomic E-state index is 13.6. The summed E-state index contributed by atoms with van der Waals surface area (Å²) in [6, 6.07) is 13.8. The Balaban J connectivity index is 1.22. The molecule has 0 saturated carbocycles. The predicted octanol–water partition coefficient (Wildman–Crippen LogP) is 2.14. The quantitative estimate of drug-likeness (QED) is 0.536. The van der Waals surface area contributed by atoms with Crippen LogP contribution in [0.1, 0.15) is 32.0 Å². The van der Waals surface area contributed by atoms with Gasteiger partial charge in [0.15, 0.2) is 5.69 Å². The second-order valence-corrected chi connectivity index (χ2v) is 9.98. The highest BCUT2D eigenvalue weighted by molar-refractivity contribution is 6.31. The van der Waals surface area contributed by atoms with Crippen LogP contribution in [0.3, 0.4) is 0 Å². The highest BCUT2D eigenvalue weighted by Gasteiger charge is 2.41. The Bertz CT molecular complexity index is 1420. The van der Waals surface area contributed by atoms with Crippen molar-refractivity contribution in [2.24, 2.45) is 0 Å². The number of aromatic nitrogens is 2. The van der Waals surface area contributed by atoms with E-state index in [-0.39, 0.29) is 36.1 Å². The molecular formula is C27H26ClN5O5. The number of nitrogens with one attached hydrogen (secondary N) is 1. The highest BCUT2D eigenvalue weighted by atomic mass is 35.5. The Morgan fingerprint density at radius 2 is 1.92 bits per heavy atom. The van der Waals surface area contributed by atoms with Gasteiger partial charge >= 0.3 is 0 Å². The van der Waals surface area contributed by atoms with E-state index in [1.165, 1.54) is 9.80 Å². The zero-order valence-corrected chi connectivity index (χ0v) is 21.5. The van der Waals surface area contributed by atoms with E-state index in [0.717, 1.165) is 5.56 Å². The molecule has 3 aliphatic heterocycles. The summed E-state index contributed by atoms with van der Waals surface area (Å²) in [7, 11) is 1.64. The number of carbonyl (C=O) groups excluding carboxylic acids is 3. The summed E-state index contributed by atoms with van der Waals surface area (Å²) in [5.41, 5.74) is 2.91. The van der Waals surface area contributed by atoms with Crippen LogP contribution in [0.15, 0.2) is 48.5 Å². The first-order chi connectivity index (χ1) is 18.4. The topological polar surface area (TPSA) is 106 Å². The molecule has 1 atom stereocenters. The van der Waals surface area contributed by atoms with Gasteiger partial charge in [0, 0.05) is 24.7 Å². The highest BCUT2D eigenvalue weighted by Crippen LogP contribution is 2.34. The standard InChI is InChI=1S/C27H26ClN5O5/c1-31-20-8-7-17(25(34)29-18-13-37-14-18)11-22(20)38-15-21(26(31)35)32-10-9-19-23(27(32)36)30-33(24(19)28)12-16-5-3-2-4-6-16/h2-8,11,18,21H,9-10,12-15H2,1H3,(H,29,34)/t21-/m0/s1. The average Bonchev–Trinajstić information content (AvgIpc) is 3.16. The van der Waals surface area contributed by atoms with E-state index in [1.807, 2.05) is 30.3 Å². The maximum Gasteiger partial charge on any atom is 0.275 e. The summed E-state index contributed by atoms with van der Waals surface area (Å²) in [6.45, 7) is 1.69. The number of halogens is 1. The van der Waals surface area contributed by atoms with Crippen molar-refractivity contribution in [1.29, 1.82) is 0 Å². The number of hydrogen-bond donors (Lipinski definition) is 1. The van der Waals surface area contributed by atoms with E-state index < -0.39 is 6.04 Å². The normalized spacial score (nSPS) is 19.3. The van der Waals surface area contributed by atoms with E-state index in [1.54, 1.807) is 29.9 Å². The molecule has 0 unspecified atom stereocenters. The third-order valence-corrected chi connectivity index (χ3v) is 7.59. The number of hydrogen-bond acceptors (Lipinski definition) is 6. The summed E-state index contributed by atoms with van der Waals surface area (Å²) in [5.74, 6) is -0.467. The lowest BCUT2D eigenvalue weighted by atomic mass is 10.0. The Morgan fingerprint density at radius 1 is 1.13 bits per heavy atom. The van der Waals surface area contributed by atoms with Gasteiger partial charge in [0.2, 0.25) is 0 Å². The van der Waals surface area contributed by atoms with Gasteiger partial charge in [0.05, 0.1) is 31.5 Å². The summed E-state index contributed by atoms with van der Waals surface area (Å²) in [5, 5.41) is 7.85. The molecule has 1 fully saturated rings. The molecule has 3 aliphatic rings. The summed E-state index contributed by atoms with van der Waals surface area (Å²) in [6.07, 6.45) is 0.477. The van der Waals surface area contributed by atoms with Crippen molar-refractivity contribution in [3.63, 3.8) is 0 Å². The number of rotatable bonds is 5. The first-order valence-electron chi connectivity index (χ1n) is 12.4. The van der Waals surface area contributed by atoms with Gasteiger partial charge < -0.3 is 24.6 Å². The molecule has 0 spiro atoms. The first kappa shape index (κ1) is 24.4.